The second kappa shape index (κ2) is 7.49. The number of hydrogen-bond acceptors (Lipinski definition) is 4. The zero-order chi connectivity index (χ0) is 10.9. The van der Waals surface area contributed by atoms with Crippen molar-refractivity contribution in [1.29, 1.82) is 0 Å². The lowest BCUT2D eigenvalue weighted by molar-refractivity contribution is -0.0769. The molecule has 0 aliphatic heterocycles. The number of nitrogens with two attached hydrogens (primary N) is 1. The van der Waals surface area contributed by atoms with Gasteiger partial charge in [-0.2, -0.15) is 0 Å². The van der Waals surface area contributed by atoms with Crippen molar-refractivity contribution in [2.75, 3.05) is 13.2 Å². The van der Waals surface area contributed by atoms with Gasteiger partial charge in [0.15, 0.2) is 6.29 Å². The minimum atomic E-state index is -0.586. The van der Waals surface area contributed by atoms with Gasteiger partial charge in [0.05, 0.1) is 6.61 Å². The molecule has 0 saturated carbocycles. The lowest BCUT2D eigenvalue weighted by Gasteiger charge is -2.14. The van der Waals surface area contributed by atoms with E-state index >= 15 is 0 Å². The van der Waals surface area contributed by atoms with Gasteiger partial charge in [-0.25, -0.2) is 4.57 Å². The normalized spacial score (nSPS) is 12.9. The maximum absolute atomic E-state index is 10.4. The van der Waals surface area contributed by atoms with E-state index in [4.69, 9.17) is 15.0 Å². The van der Waals surface area contributed by atoms with Crippen LogP contribution in [0.2, 0.25) is 0 Å². The minimum absolute atomic E-state index is 0.387. The number of hydrogen-bond donors (Lipinski definition) is 1. The Morgan fingerprint density at radius 2 is 2.07 bits per heavy atom. The molecule has 0 radical (unpaired) electrons. The highest BCUT2D eigenvalue weighted by molar-refractivity contribution is 7.17. The van der Waals surface area contributed by atoms with Gasteiger partial charge in [-0.1, -0.05) is 30.3 Å². The highest BCUT2D eigenvalue weighted by Gasteiger charge is 2.11. The second-order valence-corrected chi connectivity index (χ2v) is 3.30. The topological polar surface area (TPSA) is 61.6 Å². The molecule has 5 heteroatoms. The molecular weight excluding hydrogens is 213 g/mol. The molecule has 0 heterocycles. The highest BCUT2D eigenvalue weighted by atomic mass is 31.1. The first-order valence-electron chi connectivity index (χ1n) is 4.73. The van der Waals surface area contributed by atoms with Crippen LogP contribution in [0.4, 0.5) is 0 Å². The van der Waals surface area contributed by atoms with Crippen LogP contribution in [0.1, 0.15) is 18.3 Å². The van der Waals surface area contributed by atoms with Crippen molar-refractivity contribution in [2.24, 2.45) is 5.73 Å². The van der Waals surface area contributed by atoms with Gasteiger partial charge < -0.3 is 10.5 Å². The molecule has 1 unspecified atom stereocenters. The van der Waals surface area contributed by atoms with Crippen LogP contribution in [0, 0.1) is 0 Å². The van der Waals surface area contributed by atoms with Gasteiger partial charge >= 0.3 is 8.69 Å². The van der Waals surface area contributed by atoms with Gasteiger partial charge in [-0.15, -0.1) is 0 Å². The van der Waals surface area contributed by atoms with Crippen molar-refractivity contribution in [3.05, 3.63) is 35.9 Å². The zero-order valence-corrected chi connectivity index (χ0v) is 9.23. The van der Waals surface area contributed by atoms with Gasteiger partial charge in [-0.3, -0.25) is 4.52 Å². The zero-order valence-electron chi connectivity index (χ0n) is 8.33. The largest absolute Gasteiger partial charge is 0.348 e. The molecule has 0 aliphatic carbocycles. The summed E-state index contributed by atoms with van der Waals surface area (Å²) in [7, 11) is -0.387. The van der Waals surface area contributed by atoms with Gasteiger partial charge in [0.1, 0.15) is 0 Å². The summed E-state index contributed by atoms with van der Waals surface area (Å²) in [6.07, 6.45) is 0.166. The summed E-state index contributed by atoms with van der Waals surface area (Å²) in [4.78, 5) is 0. The van der Waals surface area contributed by atoms with Gasteiger partial charge in [0, 0.05) is 5.56 Å². The molecular formula is C10H14NO3P. The summed E-state index contributed by atoms with van der Waals surface area (Å²) >= 11 is 0. The van der Waals surface area contributed by atoms with Crippen molar-refractivity contribution < 1.29 is 13.8 Å². The van der Waals surface area contributed by atoms with E-state index < -0.39 is 6.29 Å². The molecule has 1 atom stereocenters. The molecule has 0 fully saturated rings. The molecule has 1 rings (SSSR count). The lowest BCUT2D eigenvalue weighted by atomic mass is 10.2. The van der Waals surface area contributed by atoms with E-state index in [2.05, 4.69) is 0 Å². The fourth-order valence-electron chi connectivity index (χ4n) is 1.11. The van der Waals surface area contributed by atoms with Crippen LogP contribution < -0.4 is 5.73 Å². The Labute approximate surface area is 90.7 Å². The Hall–Kier alpha value is -0.800. The van der Waals surface area contributed by atoms with Gasteiger partial charge in [0.2, 0.25) is 0 Å². The summed E-state index contributed by atoms with van der Waals surface area (Å²) < 4.78 is 20.7. The first-order valence-corrected chi connectivity index (χ1v) is 5.46. The second-order valence-electron chi connectivity index (χ2n) is 2.94. The van der Waals surface area contributed by atoms with E-state index in [0.717, 1.165) is 12.0 Å². The van der Waals surface area contributed by atoms with Crippen molar-refractivity contribution in [1.82, 2.24) is 0 Å². The molecule has 2 N–H and O–H groups in total. The standard InChI is InChI=1S/C10H14NO3P/c11-7-4-8-13-10(14-15-12)9-5-2-1-3-6-9/h1-3,5-6,10H,4,7-8,11H2. The highest BCUT2D eigenvalue weighted by Crippen LogP contribution is 2.22. The third-order valence-electron chi connectivity index (χ3n) is 1.83. The molecule has 0 amide bonds. The van der Waals surface area contributed by atoms with Crippen molar-refractivity contribution in [2.45, 2.75) is 12.7 Å². The monoisotopic (exact) mass is 227 g/mol. The molecule has 0 aromatic heterocycles. The molecule has 15 heavy (non-hydrogen) atoms. The summed E-state index contributed by atoms with van der Waals surface area (Å²) in [6, 6.07) is 9.37. The van der Waals surface area contributed by atoms with Crippen LogP contribution >= 0.6 is 8.69 Å². The maximum atomic E-state index is 10.4. The molecule has 0 spiro atoms. The van der Waals surface area contributed by atoms with Crippen molar-refractivity contribution in [3.63, 3.8) is 0 Å². The van der Waals surface area contributed by atoms with E-state index in [0.29, 0.717) is 13.2 Å². The molecule has 1 aromatic carbocycles. The predicted molar refractivity (Wildman–Crippen MR) is 57.5 cm³/mol. The predicted octanol–water partition coefficient (Wildman–Crippen LogP) is 2.27. The Morgan fingerprint density at radius 1 is 1.33 bits per heavy atom. The Bertz CT molecular complexity index is 281. The Kier molecular flexibility index (Phi) is 6.12. The molecule has 1 aromatic rings. The molecule has 82 valence electrons. The van der Waals surface area contributed by atoms with E-state index in [9.17, 15) is 4.57 Å². The van der Waals surface area contributed by atoms with E-state index in [1.54, 1.807) is 0 Å². The quantitative estimate of drug-likeness (QED) is 0.441. The molecule has 0 aliphatic rings. The van der Waals surface area contributed by atoms with Gasteiger partial charge in [-0.05, 0) is 13.0 Å². The van der Waals surface area contributed by atoms with Crippen LogP contribution in [0.15, 0.2) is 30.3 Å². The van der Waals surface area contributed by atoms with Crippen molar-refractivity contribution in [3.8, 4) is 0 Å². The van der Waals surface area contributed by atoms with Crippen LogP contribution in [-0.2, 0) is 13.8 Å². The number of rotatable bonds is 7. The van der Waals surface area contributed by atoms with Crippen LogP contribution in [-0.4, -0.2) is 13.2 Å². The smallest absolute Gasteiger partial charge is 0.330 e. The average Bonchev–Trinajstić information content (AvgIpc) is 2.29. The number of benzene rings is 1. The fraction of sp³-hybridized carbons (Fsp3) is 0.400. The third kappa shape index (κ3) is 4.49. The number of ether oxygens (including phenoxy) is 1. The first-order chi connectivity index (χ1) is 7.38. The Balaban J connectivity index is 2.53. The first kappa shape index (κ1) is 12.3. The molecule has 4 nitrogen and oxygen atoms in total. The van der Waals surface area contributed by atoms with Crippen LogP contribution in [0.3, 0.4) is 0 Å². The van der Waals surface area contributed by atoms with E-state index in [-0.39, 0.29) is 8.69 Å². The lowest BCUT2D eigenvalue weighted by Crippen LogP contribution is -2.09. The summed E-state index contributed by atoms with van der Waals surface area (Å²) in [5, 5.41) is 0. The molecule has 0 saturated heterocycles. The van der Waals surface area contributed by atoms with Crippen LogP contribution in [0.5, 0.6) is 0 Å². The third-order valence-corrected chi connectivity index (χ3v) is 2.11. The summed E-state index contributed by atoms with van der Waals surface area (Å²) in [5.74, 6) is 0. The van der Waals surface area contributed by atoms with Crippen molar-refractivity contribution >= 4 is 8.69 Å². The fourth-order valence-corrected chi connectivity index (χ4v) is 1.37. The van der Waals surface area contributed by atoms with Crippen LogP contribution in [0.25, 0.3) is 0 Å². The molecule has 0 bridgehead atoms. The maximum Gasteiger partial charge on any atom is 0.330 e. The Morgan fingerprint density at radius 3 is 2.67 bits per heavy atom. The van der Waals surface area contributed by atoms with Gasteiger partial charge in [0.25, 0.3) is 0 Å². The minimum Gasteiger partial charge on any atom is -0.348 e. The van der Waals surface area contributed by atoms with E-state index in [1.165, 1.54) is 0 Å². The van der Waals surface area contributed by atoms with E-state index in [1.807, 2.05) is 30.3 Å². The summed E-state index contributed by atoms with van der Waals surface area (Å²) in [6.45, 7) is 1.06. The average molecular weight is 227 g/mol. The SMILES string of the molecule is NCCCOC(OP=O)c1ccccc1. The summed E-state index contributed by atoms with van der Waals surface area (Å²) in [5.41, 5.74) is 6.19.